The van der Waals surface area contributed by atoms with Gasteiger partial charge in [0.2, 0.25) is 0 Å². The van der Waals surface area contributed by atoms with Gasteiger partial charge < -0.3 is 10.4 Å². The molecule has 0 saturated carbocycles. The van der Waals surface area contributed by atoms with Crippen LogP contribution in [0.15, 0.2) is 30.3 Å². The highest BCUT2D eigenvalue weighted by Crippen LogP contribution is 2.32. The Bertz CT molecular complexity index is 869. The van der Waals surface area contributed by atoms with Crippen LogP contribution in [-0.4, -0.2) is 33.4 Å². The van der Waals surface area contributed by atoms with Crippen molar-refractivity contribution in [2.45, 2.75) is 20.0 Å². The van der Waals surface area contributed by atoms with E-state index in [1.807, 2.05) is 37.3 Å². The minimum absolute atomic E-state index is 0.197. The molecule has 1 unspecified atom stereocenters. The summed E-state index contributed by atoms with van der Waals surface area (Å²) in [4.78, 5) is 13.6. The van der Waals surface area contributed by atoms with Crippen LogP contribution >= 0.6 is 22.9 Å². The largest absolute Gasteiger partial charge is 0.392 e. The number of aliphatic hydroxyl groups excluding tert-OH is 1. The maximum Gasteiger partial charge on any atom is 0.261 e. The van der Waals surface area contributed by atoms with E-state index in [0.29, 0.717) is 9.90 Å². The molecule has 3 rings (SSSR count). The molecule has 2 heterocycles. The summed E-state index contributed by atoms with van der Waals surface area (Å²) in [7, 11) is 0. The predicted molar refractivity (Wildman–Crippen MR) is 92.7 cm³/mol. The average Bonchev–Trinajstić information content (AvgIpc) is 3.07. The van der Waals surface area contributed by atoms with E-state index in [1.54, 1.807) is 11.6 Å². The highest BCUT2D eigenvalue weighted by Gasteiger charge is 2.18. The number of aryl methyl sites for hydroxylation is 1. The molecule has 0 fully saturated rings. The maximum absolute atomic E-state index is 12.2. The Morgan fingerprint density at radius 1 is 1.48 bits per heavy atom. The fourth-order valence-corrected chi connectivity index (χ4v) is 3.58. The Morgan fingerprint density at radius 3 is 2.91 bits per heavy atom. The lowest BCUT2D eigenvalue weighted by molar-refractivity contribution is 0.0928. The van der Waals surface area contributed by atoms with Crippen molar-refractivity contribution in [3.05, 3.63) is 45.9 Å². The first-order valence-corrected chi connectivity index (χ1v) is 8.37. The van der Waals surface area contributed by atoms with Crippen LogP contribution in [0.1, 0.15) is 22.3 Å². The number of carbonyl (C=O) groups excluding carboxylic acids is 1. The lowest BCUT2D eigenvalue weighted by Gasteiger charge is -2.05. The van der Waals surface area contributed by atoms with Gasteiger partial charge in [0.1, 0.15) is 4.83 Å². The van der Waals surface area contributed by atoms with E-state index < -0.39 is 6.10 Å². The van der Waals surface area contributed by atoms with Crippen molar-refractivity contribution in [2.75, 3.05) is 6.54 Å². The summed E-state index contributed by atoms with van der Waals surface area (Å²) in [6, 6.07) is 9.29. The first kappa shape index (κ1) is 16.0. The van der Waals surface area contributed by atoms with E-state index in [9.17, 15) is 9.90 Å². The van der Waals surface area contributed by atoms with Gasteiger partial charge in [0.25, 0.3) is 5.91 Å². The number of benzene rings is 1. The van der Waals surface area contributed by atoms with Crippen LogP contribution in [0.5, 0.6) is 0 Å². The highest BCUT2D eigenvalue weighted by atomic mass is 35.5. The quantitative estimate of drug-likeness (QED) is 0.760. The molecule has 120 valence electrons. The van der Waals surface area contributed by atoms with Gasteiger partial charge in [-0.1, -0.05) is 23.7 Å². The molecule has 0 aliphatic carbocycles. The number of nitrogens with zero attached hydrogens (tertiary/aromatic N) is 2. The van der Waals surface area contributed by atoms with Gasteiger partial charge in [0, 0.05) is 11.9 Å². The number of hydrogen-bond acceptors (Lipinski definition) is 4. The summed E-state index contributed by atoms with van der Waals surface area (Å²) in [6.45, 7) is 3.76. The summed E-state index contributed by atoms with van der Waals surface area (Å²) >= 11 is 7.62. The molecule has 23 heavy (non-hydrogen) atoms. The van der Waals surface area contributed by atoms with Crippen LogP contribution in [0.25, 0.3) is 15.9 Å². The smallest absolute Gasteiger partial charge is 0.261 e. The number of para-hydroxylation sites is 1. The normalized spacial score (nSPS) is 12.5. The predicted octanol–water partition coefficient (Wildman–Crippen LogP) is 3.16. The van der Waals surface area contributed by atoms with Gasteiger partial charge in [-0.2, -0.15) is 5.10 Å². The minimum atomic E-state index is -0.575. The van der Waals surface area contributed by atoms with Gasteiger partial charge in [0.15, 0.2) is 0 Å². The topological polar surface area (TPSA) is 67.2 Å². The van der Waals surface area contributed by atoms with Gasteiger partial charge in [-0.15, -0.1) is 11.3 Å². The van der Waals surface area contributed by atoms with Gasteiger partial charge in [-0.05, 0) is 32.0 Å². The zero-order valence-corrected chi connectivity index (χ0v) is 14.3. The number of amides is 1. The highest BCUT2D eigenvalue weighted by molar-refractivity contribution is 7.20. The SMILES string of the molecule is Cc1nn(-c2ccccc2Cl)c2sc(C(=O)NCC(C)O)cc12. The molecule has 0 radical (unpaired) electrons. The Morgan fingerprint density at radius 2 is 2.22 bits per heavy atom. The molecule has 0 aliphatic heterocycles. The number of hydrogen-bond donors (Lipinski definition) is 2. The third-order valence-corrected chi connectivity index (χ3v) is 4.84. The molecular weight excluding hydrogens is 334 g/mol. The van der Waals surface area contributed by atoms with Gasteiger partial charge in [-0.25, -0.2) is 4.68 Å². The number of nitrogens with one attached hydrogen (secondary N) is 1. The van der Waals surface area contributed by atoms with Crippen molar-refractivity contribution >= 4 is 39.1 Å². The monoisotopic (exact) mass is 349 g/mol. The number of aliphatic hydroxyl groups is 1. The first-order valence-electron chi connectivity index (χ1n) is 7.17. The minimum Gasteiger partial charge on any atom is -0.392 e. The van der Waals surface area contributed by atoms with Crippen molar-refractivity contribution in [3.63, 3.8) is 0 Å². The summed E-state index contributed by atoms with van der Waals surface area (Å²) in [6.07, 6.45) is -0.575. The van der Waals surface area contributed by atoms with Crippen LogP contribution in [0.4, 0.5) is 0 Å². The molecule has 1 aromatic carbocycles. The van der Waals surface area contributed by atoms with E-state index in [0.717, 1.165) is 21.6 Å². The molecule has 2 aromatic heterocycles. The lowest BCUT2D eigenvalue weighted by atomic mass is 10.3. The average molecular weight is 350 g/mol. The van der Waals surface area contributed by atoms with E-state index >= 15 is 0 Å². The number of halogens is 1. The van der Waals surface area contributed by atoms with E-state index in [-0.39, 0.29) is 12.5 Å². The lowest BCUT2D eigenvalue weighted by Crippen LogP contribution is -2.29. The van der Waals surface area contributed by atoms with Crippen molar-refractivity contribution in [3.8, 4) is 5.69 Å². The second-order valence-corrected chi connectivity index (χ2v) is 6.77. The fourth-order valence-electron chi connectivity index (χ4n) is 2.27. The molecule has 5 nitrogen and oxygen atoms in total. The van der Waals surface area contributed by atoms with Gasteiger partial charge >= 0.3 is 0 Å². The van der Waals surface area contributed by atoms with E-state index in [2.05, 4.69) is 10.4 Å². The van der Waals surface area contributed by atoms with Crippen LogP contribution in [-0.2, 0) is 0 Å². The van der Waals surface area contributed by atoms with E-state index in [1.165, 1.54) is 11.3 Å². The number of rotatable bonds is 4. The van der Waals surface area contributed by atoms with Crippen LogP contribution in [0.3, 0.4) is 0 Å². The second kappa shape index (κ2) is 6.31. The molecule has 2 N–H and O–H groups in total. The van der Waals surface area contributed by atoms with Crippen molar-refractivity contribution in [1.29, 1.82) is 0 Å². The Labute approximate surface area is 142 Å². The van der Waals surface area contributed by atoms with Crippen LogP contribution in [0, 0.1) is 6.92 Å². The van der Waals surface area contributed by atoms with Crippen molar-refractivity contribution in [1.82, 2.24) is 15.1 Å². The summed E-state index contributed by atoms with van der Waals surface area (Å²) in [5, 5.41) is 18.0. The second-order valence-electron chi connectivity index (χ2n) is 5.34. The standard InChI is InChI=1S/C16H16ClN3O2S/c1-9(21)8-18-15(22)14-7-11-10(2)19-20(16(11)23-14)13-6-4-3-5-12(13)17/h3-7,9,21H,8H2,1-2H3,(H,18,22). The molecule has 0 aliphatic rings. The molecule has 0 saturated heterocycles. The van der Waals surface area contributed by atoms with E-state index in [4.69, 9.17) is 11.6 Å². The fraction of sp³-hybridized carbons (Fsp3) is 0.250. The molecule has 0 bridgehead atoms. The van der Waals surface area contributed by atoms with Crippen molar-refractivity contribution < 1.29 is 9.90 Å². The van der Waals surface area contributed by atoms with Gasteiger partial charge in [-0.3, -0.25) is 4.79 Å². The number of fused-ring (bicyclic) bond motifs is 1. The first-order chi connectivity index (χ1) is 11.0. The Kier molecular flexibility index (Phi) is 4.39. The van der Waals surface area contributed by atoms with Crippen molar-refractivity contribution in [2.24, 2.45) is 0 Å². The molecule has 0 spiro atoms. The third kappa shape index (κ3) is 3.10. The molecule has 3 aromatic rings. The summed E-state index contributed by atoms with van der Waals surface area (Å²) in [5.41, 5.74) is 1.62. The maximum atomic E-state index is 12.2. The number of carbonyl (C=O) groups is 1. The zero-order valence-electron chi connectivity index (χ0n) is 12.7. The molecule has 1 atom stereocenters. The Hall–Kier alpha value is -1.89. The number of aromatic nitrogens is 2. The molecular formula is C16H16ClN3O2S. The molecule has 7 heteroatoms. The third-order valence-electron chi connectivity index (χ3n) is 3.41. The zero-order chi connectivity index (χ0) is 16.6. The van der Waals surface area contributed by atoms with Crippen LogP contribution < -0.4 is 5.32 Å². The van der Waals surface area contributed by atoms with Crippen LogP contribution in [0.2, 0.25) is 5.02 Å². The summed E-state index contributed by atoms with van der Waals surface area (Å²) in [5.74, 6) is -0.197. The number of thiophene rings is 1. The Balaban J connectivity index is 2.02. The van der Waals surface area contributed by atoms with Gasteiger partial charge in [0.05, 0.1) is 27.4 Å². The summed E-state index contributed by atoms with van der Waals surface area (Å²) < 4.78 is 1.77. The molecule has 1 amide bonds.